The van der Waals surface area contributed by atoms with Crippen molar-refractivity contribution in [3.05, 3.63) is 35.4 Å². The van der Waals surface area contributed by atoms with E-state index in [4.69, 9.17) is 5.11 Å². The maximum Gasteiger partial charge on any atom is 0.251 e. The van der Waals surface area contributed by atoms with E-state index in [0.717, 1.165) is 12.1 Å². The molecule has 0 aliphatic carbocycles. The number of hydrogen-bond acceptors (Lipinski definition) is 2. The Balaban J connectivity index is 2.82. The van der Waals surface area contributed by atoms with Crippen molar-refractivity contribution in [2.75, 3.05) is 6.61 Å². The highest BCUT2D eigenvalue weighted by atomic mass is 19.1. The molecule has 15 heavy (non-hydrogen) atoms. The molecular formula is C10H11F2NO2. The third-order valence-electron chi connectivity index (χ3n) is 1.78. The quantitative estimate of drug-likeness (QED) is 0.792. The molecule has 1 unspecified atom stereocenters. The van der Waals surface area contributed by atoms with Crippen LogP contribution in [0.5, 0.6) is 0 Å². The minimum atomic E-state index is -0.809. The van der Waals surface area contributed by atoms with Gasteiger partial charge in [0.2, 0.25) is 0 Å². The first-order valence-electron chi connectivity index (χ1n) is 4.40. The number of rotatable bonds is 3. The zero-order valence-electron chi connectivity index (χ0n) is 8.13. The summed E-state index contributed by atoms with van der Waals surface area (Å²) < 4.78 is 25.5. The Morgan fingerprint density at radius 3 is 2.40 bits per heavy atom. The molecule has 1 aromatic carbocycles. The number of aliphatic hydroxyl groups is 1. The van der Waals surface area contributed by atoms with Crippen molar-refractivity contribution in [2.24, 2.45) is 0 Å². The highest BCUT2D eigenvalue weighted by molar-refractivity contribution is 5.94. The number of carbonyl (C=O) groups is 1. The van der Waals surface area contributed by atoms with Gasteiger partial charge in [-0.15, -0.1) is 0 Å². The largest absolute Gasteiger partial charge is 0.394 e. The second kappa shape index (κ2) is 4.84. The molecule has 0 fully saturated rings. The monoisotopic (exact) mass is 215 g/mol. The fraction of sp³-hybridized carbons (Fsp3) is 0.300. The maximum absolute atomic E-state index is 12.7. The molecule has 0 heterocycles. The van der Waals surface area contributed by atoms with Crippen molar-refractivity contribution in [1.82, 2.24) is 5.32 Å². The first-order valence-corrected chi connectivity index (χ1v) is 4.40. The average Bonchev–Trinajstić information content (AvgIpc) is 2.16. The minimum absolute atomic E-state index is 0.104. The van der Waals surface area contributed by atoms with Gasteiger partial charge in [-0.3, -0.25) is 4.79 Å². The standard InChI is InChI=1S/C10H11F2NO2/c1-6(5-14)13-10(15)7-2-8(11)4-9(12)3-7/h2-4,6,14H,5H2,1H3,(H,13,15). The molecule has 0 saturated carbocycles. The van der Waals surface area contributed by atoms with Gasteiger partial charge in [-0.05, 0) is 19.1 Å². The molecule has 82 valence electrons. The molecule has 0 radical (unpaired) electrons. The van der Waals surface area contributed by atoms with Crippen LogP contribution in [0.3, 0.4) is 0 Å². The molecule has 0 saturated heterocycles. The van der Waals surface area contributed by atoms with Crippen molar-refractivity contribution < 1.29 is 18.7 Å². The average molecular weight is 215 g/mol. The number of carbonyl (C=O) groups excluding carboxylic acids is 1. The Kier molecular flexibility index (Phi) is 3.74. The van der Waals surface area contributed by atoms with Gasteiger partial charge in [0, 0.05) is 17.7 Å². The summed E-state index contributed by atoms with van der Waals surface area (Å²) >= 11 is 0. The van der Waals surface area contributed by atoms with Crippen LogP contribution in [0.2, 0.25) is 0 Å². The van der Waals surface area contributed by atoms with Gasteiger partial charge in [-0.1, -0.05) is 0 Å². The molecule has 1 rings (SSSR count). The Labute approximate surface area is 85.7 Å². The predicted molar refractivity (Wildman–Crippen MR) is 50.4 cm³/mol. The van der Waals surface area contributed by atoms with E-state index < -0.39 is 23.6 Å². The summed E-state index contributed by atoms with van der Waals surface area (Å²) in [7, 11) is 0. The van der Waals surface area contributed by atoms with Crippen molar-refractivity contribution in [3.63, 3.8) is 0 Å². The minimum Gasteiger partial charge on any atom is -0.394 e. The predicted octanol–water partition coefficient (Wildman–Crippen LogP) is 1.08. The third-order valence-corrected chi connectivity index (χ3v) is 1.78. The lowest BCUT2D eigenvalue weighted by molar-refractivity contribution is 0.0921. The van der Waals surface area contributed by atoms with Gasteiger partial charge >= 0.3 is 0 Å². The molecule has 1 amide bonds. The maximum atomic E-state index is 12.7. The van der Waals surface area contributed by atoms with Crippen molar-refractivity contribution in [1.29, 1.82) is 0 Å². The van der Waals surface area contributed by atoms with Gasteiger partial charge < -0.3 is 10.4 Å². The smallest absolute Gasteiger partial charge is 0.251 e. The normalized spacial score (nSPS) is 12.3. The molecule has 3 nitrogen and oxygen atoms in total. The molecule has 0 bridgehead atoms. The summed E-state index contributed by atoms with van der Waals surface area (Å²) in [6.45, 7) is 1.34. The van der Waals surface area contributed by atoms with Gasteiger partial charge in [0.15, 0.2) is 0 Å². The van der Waals surface area contributed by atoms with E-state index in [1.165, 1.54) is 0 Å². The molecule has 0 aromatic heterocycles. The fourth-order valence-corrected chi connectivity index (χ4v) is 1.04. The second-order valence-electron chi connectivity index (χ2n) is 3.22. The van der Waals surface area contributed by atoms with Crippen LogP contribution in [0.4, 0.5) is 8.78 Å². The number of halogens is 2. The highest BCUT2D eigenvalue weighted by Gasteiger charge is 2.11. The number of amides is 1. The SMILES string of the molecule is CC(CO)NC(=O)c1cc(F)cc(F)c1. The zero-order valence-corrected chi connectivity index (χ0v) is 8.13. The van der Waals surface area contributed by atoms with Crippen LogP contribution in [-0.4, -0.2) is 23.7 Å². The molecule has 1 aromatic rings. The first kappa shape index (κ1) is 11.6. The Morgan fingerprint density at radius 1 is 1.40 bits per heavy atom. The van der Waals surface area contributed by atoms with Gasteiger partial charge in [0.1, 0.15) is 11.6 Å². The van der Waals surface area contributed by atoms with Crippen LogP contribution in [0.15, 0.2) is 18.2 Å². The van der Waals surface area contributed by atoms with Gasteiger partial charge in [0.25, 0.3) is 5.91 Å². The number of aliphatic hydroxyl groups excluding tert-OH is 1. The Morgan fingerprint density at radius 2 is 1.93 bits per heavy atom. The molecule has 0 aliphatic rings. The number of benzene rings is 1. The summed E-state index contributed by atoms with van der Waals surface area (Å²) in [5, 5.41) is 11.1. The lowest BCUT2D eigenvalue weighted by Gasteiger charge is -2.10. The van der Waals surface area contributed by atoms with E-state index in [1.54, 1.807) is 6.92 Å². The lowest BCUT2D eigenvalue weighted by Crippen LogP contribution is -2.35. The van der Waals surface area contributed by atoms with Crippen molar-refractivity contribution in [2.45, 2.75) is 13.0 Å². The molecule has 0 spiro atoms. The van der Waals surface area contributed by atoms with E-state index in [2.05, 4.69) is 5.32 Å². The van der Waals surface area contributed by atoms with Gasteiger partial charge in [-0.25, -0.2) is 8.78 Å². The van der Waals surface area contributed by atoms with Crippen LogP contribution >= 0.6 is 0 Å². The molecule has 0 aliphatic heterocycles. The molecule has 1 atom stereocenters. The van der Waals surface area contributed by atoms with E-state index >= 15 is 0 Å². The van der Waals surface area contributed by atoms with Crippen LogP contribution in [0, 0.1) is 11.6 Å². The van der Waals surface area contributed by atoms with E-state index in [0.29, 0.717) is 6.07 Å². The zero-order chi connectivity index (χ0) is 11.4. The summed E-state index contributed by atoms with van der Waals surface area (Å²) in [6.07, 6.45) is 0. The summed E-state index contributed by atoms with van der Waals surface area (Å²) in [5.41, 5.74) is -0.104. The van der Waals surface area contributed by atoms with Crippen LogP contribution < -0.4 is 5.32 Å². The lowest BCUT2D eigenvalue weighted by atomic mass is 10.2. The van der Waals surface area contributed by atoms with Crippen molar-refractivity contribution >= 4 is 5.91 Å². The van der Waals surface area contributed by atoms with Gasteiger partial charge in [0.05, 0.1) is 6.61 Å². The summed E-state index contributed by atoms with van der Waals surface area (Å²) in [4.78, 5) is 11.4. The topological polar surface area (TPSA) is 49.3 Å². The van der Waals surface area contributed by atoms with Crippen LogP contribution in [0.25, 0.3) is 0 Å². The Bertz CT molecular complexity index is 348. The van der Waals surface area contributed by atoms with E-state index in [1.807, 2.05) is 0 Å². The molecular weight excluding hydrogens is 204 g/mol. The van der Waals surface area contributed by atoms with Gasteiger partial charge in [-0.2, -0.15) is 0 Å². The molecule has 5 heteroatoms. The number of nitrogens with one attached hydrogen (secondary N) is 1. The Hall–Kier alpha value is -1.49. The van der Waals surface area contributed by atoms with Crippen molar-refractivity contribution in [3.8, 4) is 0 Å². The summed E-state index contributed by atoms with van der Waals surface area (Å²) in [5.74, 6) is -2.23. The third kappa shape index (κ3) is 3.28. The second-order valence-corrected chi connectivity index (χ2v) is 3.22. The van der Waals surface area contributed by atoms with E-state index in [9.17, 15) is 13.6 Å². The van der Waals surface area contributed by atoms with Crippen LogP contribution in [0.1, 0.15) is 17.3 Å². The van der Waals surface area contributed by atoms with E-state index in [-0.39, 0.29) is 12.2 Å². The highest BCUT2D eigenvalue weighted by Crippen LogP contribution is 2.07. The molecule has 2 N–H and O–H groups in total. The fourth-order valence-electron chi connectivity index (χ4n) is 1.04. The summed E-state index contributed by atoms with van der Waals surface area (Å²) in [6, 6.07) is 2.10. The van der Waals surface area contributed by atoms with Crippen LogP contribution in [-0.2, 0) is 0 Å². The first-order chi connectivity index (χ1) is 7.02. The number of hydrogen-bond donors (Lipinski definition) is 2.